The average molecular weight is 348 g/mol. The molecule has 0 radical (unpaired) electrons. The number of hydrogen-bond acceptors (Lipinski definition) is 1. The first-order chi connectivity index (χ1) is 13.2. The molecular weight excluding hydrogens is 328 g/mol. The van der Waals surface area contributed by atoms with Crippen LogP contribution in [0.25, 0.3) is 22.3 Å². The van der Waals surface area contributed by atoms with Crippen molar-refractivity contribution < 1.29 is 5.11 Å². The zero-order valence-electron chi connectivity index (χ0n) is 15.2. The Hall–Kier alpha value is -3.32. The summed E-state index contributed by atoms with van der Waals surface area (Å²) < 4.78 is 0. The molecule has 1 aliphatic carbocycles. The standard InChI is InChI=1S/C26H20O/c1-26(23-14-5-2-11-20(23)18-9-8-10-19(27)17-18)24-15-6-3-12-21(24)22-13-4-7-16-25(22)26/h2-17,27H,1H3. The molecule has 0 amide bonds. The van der Waals surface area contributed by atoms with Crippen molar-refractivity contribution in [3.63, 3.8) is 0 Å². The molecule has 0 fully saturated rings. The Balaban J connectivity index is 1.84. The summed E-state index contributed by atoms with van der Waals surface area (Å²) in [6.45, 7) is 2.32. The quantitative estimate of drug-likeness (QED) is 0.445. The fourth-order valence-electron chi connectivity index (χ4n) is 4.59. The molecule has 5 rings (SSSR count). The molecule has 0 saturated carbocycles. The van der Waals surface area contributed by atoms with E-state index in [0.29, 0.717) is 5.75 Å². The van der Waals surface area contributed by atoms with Crippen LogP contribution in [-0.4, -0.2) is 5.11 Å². The van der Waals surface area contributed by atoms with Gasteiger partial charge in [-0.15, -0.1) is 0 Å². The van der Waals surface area contributed by atoms with Crippen molar-refractivity contribution in [3.8, 4) is 28.0 Å². The number of phenols is 1. The number of rotatable bonds is 2. The molecule has 0 saturated heterocycles. The van der Waals surface area contributed by atoms with E-state index in [2.05, 4.69) is 85.8 Å². The van der Waals surface area contributed by atoms with E-state index in [0.717, 1.165) is 11.1 Å². The van der Waals surface area contributed by atoms with Crippen molar-refractivity contribution in [2.45, 2.75) is 12.3 Å². The van der Waals surface area contributed by atoms with Gasteiger partial charge in [-0.1, -0.05) is 84.9 Å². The number of hydrogen-bond donors (Lipinski definition) is 1. The summed E-state index contributed by atoms with van der Waals surface area (Å²) in [5.74, 6) is 0.291. The Morgan fingerprint density at radius 3 is 1.59 bits per heavy atom. The van der Waals surface area contributed by atoms with E-state index in [1.165, 1.54) is 27.8 Å². The first-order valence-electron chi connectivity index (χ1n) is 9.28. The molecule has 4 aromatic carbocycles. The monoisotopic (exact) mass is 348 g/mol. The molecule has 4 aromatic rings. The van der Waals surface area contributed by atoms with Crippen LogP contribution in [0.3, 0.4) is 0 Å². The van der Waals surface area contributed by atoms with Crippen LogP contribution < -0.4 is 0 Å². The highest BCUT2D eigenvalue weighted by atomic mass is 16.3. The summed E-state index contributed by atoms with van der Waals surface area (Å²) in [4.78, 5) is 0. The van der Waals surface area contributed by atoms with Gasteiger partial charge in [0.25, 0.3) is 0 Å². The van der Waals surface area contributed by atoms with Gasteiger partial charge in [0, 0.05) is 5.41 Å². The maximum atomic E-state index is 10.0. The average Bonchev–Trinajstić information content (AvgIpc) is 2.99. The van der Waals surface area contributed by atoms with Crippen molar-refractivity contribution in [2.24, 2.45) is 0 Å². The molecule has 0 unspecified atom stereocenters. The fraction of sp³-hybridized carbons (Fsp3) is 0.0769. The van der Waals surface area contributed by atoms with Crippen LogP contribution >= 0.6 is 0 Å². The zero-order chi connectivity index (χ0) is 18.4. The molecule has 1 nitrogen and oxygen atoms in total. The summed E-state index contributed by atoms with van der Waals surface area (Å²) in [6.07, 6.45) is 0. The lowest BCUT2D eigenvalue weighted by Crippen LogP contribution is -2.23. The second-order valence-corrected chi connectivity index (χ2v) is 7.31. The summed E-state index contributed by atoms with van der Waals surface area (Å²) in [6, 6.07) is 33.5. The highest BCUT2D eigenvalue weighted by molar-refractivity contribution is 5.85. The van der Waals surface area contributed by atoms with Crippen LogP contribution in [0.15, 0.2) is 97.1 Å². The van der Waals surface area contributed by atoms with Crippen molar-refractivity contribution in [1.82, 2.24) is 0 Å². The molecule has 1 aliphatic rings. The van der Waals surface area contributed by atoms with Gasteiger partial charge in [-0.25, -0.2) is 0 Å². The summed E-state index contributed by atoms with van der Waals surface area (Å²) in [5.41, 5.74) is 8.49. The van der Waals surface area contributed by atoms with Crippen LogP contribution in [-0.2, 0) is 5.41 Å². The van der Waals surface area contributed by atoms with Crippen molar-refractivity contribution in [2.75, 3.05) is 0 Å². The minimum atomic E-state index is -0.241. The minimum absolute atomic E-state index is 0.241. The molecule has 0 atom stereocenters. The van der Waals surface area contributed by atoms with E-state index >= 15 is 0 Å². The molecule has 27 heavy (non-hydrogen) atoms. The maximum absolute atomic E-state index is 10.0. The van der Waals surface area contributed by atoms with Gasteiger partial charge in [0.1, 0.15) is 5.75 Å². The Kier molecular flexibility index (Phi) is 3.45. The third-order valence-corrected chi connectivity index (χ3v) is 5.84. The molecule has 0 bridgehead atoms. The van der Waals surface area contributed by atoms with Crippen LogP contribution in [0.5, 0.6) is 5.75 Å². The Morgan fingerprint density at radius 1 is 0.556 bits per heavy atom. The molecule has 1 heteroatoms. The minimum Gasteiger partial charge on any atom is -0.508 e. The molecule has 0 spiro atoms. The topological polar surface area (TPSA) is 20.2 Å². The van der Waals surface area contributed by atoms with Crippen molar-refractivity contribution in [1.29, 1.82) is 0 Å². The normalized spacial score (nSPS) is 13.8. The van der Waals surface area contributed by atoms with Gasteiger partial charge in [0.05, 0.1) is 0 Å². The molecule has 1 N–H and O–H groups in total. The van der Waals surface area contributed by atoms with Gasteiger partial charge in [0.2, 0.25) is 0 Å². The zero-order valence-corrected chi connectivity index (χ0v) is 15.2. The van der Waals surface area contributed by atoms with Crippen molar-refractivity contribution in [3.05, 3.63) is 114 Å². The van der Waals surface area contributed by atoms with E-state index in [9.17, 15) is 5.11 Å². The smallest absolute Gasteiger partial charge is 0.116 e. The lowest BCUT2D eigenvalue weighted by atomic mass is 9.72. The first-order valence-corrected chi connectivity index (χ1v) is 9.28. The van der Waals surface area contributed by atoms with Gasteiger partial charge < -0.3 is 5.11 Å². The fourth-order valence-corrected chi connectivity index (χ4v) is 4.59. The number of phenolic OH excluding ortho intramolecular Hbond substituents is 1. The number of benzene rings is 4. The third kappa shape index (κ3) is 2.25. The Morgan fingerprint density at radius 2 is 1.04 bits per heavy atom. The molecule has 130 valence electrons. The predicted octanol–water partition coefficient (Wildman–Crippen LogP) is 6.39. The number of aromatic hydroxyl groups is 1. The van der Waals surface area contributed by atoms with E-state index in [1.54, 1.807) is 6.07 Å². The second kappa shape index (κ2) is 5.85. The largest absolute Gasteiger partial charge is 0.508 e. The summed E-state index contributed by atoms with van der Waals surface area (Å²) in [5, 5.41) is 10.0. The third-order valence-electron chi connectivity index (χ3n) is 5.84. The van der Waals surface area contributed by atoms with E-state index in [4.69, 9.17) is 0 Å². The van der Waals surface area contributed by atoms with Crippen molar-refractivity contribution >= 4 is 0 Å². The van der Waals surface area contributed by atoms with Gasteiger partial charge in [-0.05, 0) is 58.0 Å². The first kappa shape index (κ1) is 15.9. The van der Waals surface area contributed by atoms with Gasteiger partial charge in [-0.2, -0.15) is 0 Å². The predicted molar refractivity (Wildman–Crippen MR) is 111 cm³/mol. The van der Waals surface area contributed by atoms with Crippen LogP contribution in [0.2, 0.25) is 0 Å². The SMILES string of the molecule is CC1(c2ccccc2-c2cccc(O)c2)c2ccccc2-c2ccccc21. The highest BCUT2D eigenvalue weighted by Gasteiger charge is 2.41. The maximum Gasteiger partial charge on any atom is 0.116 e. The second-order valence-electron chi connectivity index (χ2n) is 7.31. The lowest BCUT2D eigenvalue weighted by Gasteiger charge is -2.30. The van der Waals surface area contributed by atoms with Gasteiger partial charge in [-0.3, -0.25) is 0 Å². The molecule has 0 aliphatic heterocycles. The van der Waals surface area contributed by atoms with E-state index < -0.39 is 0 Å². The van der Waals surface area contributed by atoms with Crippen LogP contribution in [0.1, 0.15) is 23.6 Å². The van der Waals surface area contributed by atoms with Gasteiger partial charge in [0.15, 0.2) is 0 Å². The van der Waals surface area contributed by atoms with Crippen LogP contribution in [0, 0.1) is 0 Å². The Labute approximate surface area is 159 Å². The van der Waals surface area contributed by atoms with E-state index in [1.807, 2.05) is 12.1 Å². The highest BCUT2D eigenvalue weighted by Crippen LogP contribution is 2.53. The summed E-state index contributed by atoms with van der Waals surface area (Å²) >= 11 is 0. The van der Waals surface area contributed by atoms with Crippen LogP contribution in [0.4, 0.5) is 0 Å². The number of fused-ring (bicyclic) bond motifs is 3. The Bertz CT molecular complexity index is 1110. The molecule has 0 aromatic heterocycles. The lowest BCUT2D eigenvalue weighted by molar-refractivity contribution is 0.475. The van der Waals surface area contributed by atoms with Gasteiger partial charge >= 0.3 is 0 Å². The molecule has 0 heterocycles. The molecular formula is C26H20O. The summed E-state index contributed by atoms with van der Waals surface area (Å²) in [7, 11) is 0. The van der Waals surface area contributed by atoms with E-state index in [-0.39, 0.29) is 5.41 Å².